The Kier molecular flexibility index (Phi) is 10.1. The first-order valence-corrected chi connectivity index (χ1v) is 8.42. The minimum absolute atomic E-state index is 0.0151. The zero-order valence-electron chi connectivity index (χ0n) is 15.2. The number of ether oxygens (including phenoxy) is 1. The first kappa shape index (κ1) is 22.2. The third-order valence-electron chi connectivity index (χ3n) is 3.30. The van der Waals surface area contributed by atoms with Crippen LogP contribution in [0.4, 0.5) is 0 Å². The highest BCUT2D eigenvalue weighted by Crippen LogP contribution is 2.11. The molecule has 24 heavy (non-hydrogen) atoms. The maximum absolute atomic E-state index is 12.2. The smallest absolute Gasteiger partial charge is 0.329 e. The molecule has 0 aromatic carbocycles. The normalized spacial score (nSPS) is 13.7. The van der Waals surface area contributed by atoms with Crippen LogP contribution < -0.4 is 11.1 Å². The van der Waals surface area contributed by atoms with Gasteiger partial charge in [0.1, 0.15) is 11.6 Å². The number of unbranched alkanes of at least 4 members (excludes halogenated alkanes) is 2. The van der Waals surface area contributed by atoms with E-state index in [4.69, 9.17) is 15.9 Å². The van der Waals surface area contributed by atoms with Crippen molar-refractivity contribution in [2.75, 3.05) is 0 Å². The largest absolute Gasteiger partial charge is 0.458 e. The van der Waals surface area contributed by atoms with E-state index in [0.717, 1.165) is 19.3 Å². The van der Waals surface area contributed by atoms with Crippen molar-refractivity contribution in [1.29, 1.82) is 5.41 Å². The van der Waals surface area contributed by atoms with Crippen molar-refractivity contribution < 1.29 is 19.1 Å². The molecule has 2 atom stereocenters. The average molecular weight is 341 g/mol. The molecule has 7 nitrogen and oxygen atoms in total. The number of hydrogen-bond donors (Lipinski definition) is 3. The molecule has 0 saturated carbocycles. The van der Waals surface area contributed by atoms with Gasteiger partial charge in [-0.25, -0.2) is 4.79 Å². The highest BCUT2D eigenvalue weighted by atomic mass is 16.6. The summed E-state index contributed by atoms with van der Waals surface area (Å²) in [6.07, 6.45) is 4.17. The summed E-state index contributed by atoms with van der Waals surface area (Å²) in [4.78, 5) is 35.7. The van der Waals surface area contributed by atoms with E-state index in [2.05, 4.69) is 12.2 Å². The number of rotatable bonds is 11. The van der Waals surface area contributed by atoms with Gasteiger partial charge in [-0.15, -0.1) is 0 Å². The van der Waals surface area contributed by atoms with Gasteiger partial charge >= 0.3 is 5.97 Å². The number of Topliss-reactive ketones (excluding diaryl/α,β-unsaturated/α-hetero) is 1. The van der Waals surface area contributed by atoms with Gasteiger partial charge in [-0.05, 0) is 33.6 Å². The number of nitrogens with one attached hydrogen (secondary N) is 2. The van der Waals surface area contributed by atoms with Crippen LogP contribution in [0.2, 0.25) is 0 Å². The Hall–Kier alpha value is -1.76. The number of carbonyl (C=O) groups excluding carboxylic acids is 3. The number of ketones is 1. The number of amides is 1. The predicted octanol–water partition coefficient (Wildman–Crippen LogP) is 1.72. The summed E-state index contributed by atoms with van der Waals surface area (Å²) >= 11 is 0. The molecule has 0 heterocycles. The van der Waals surface area contributed by atoms with Crippen molar-refractivity contribution in [1.82, 2.24) is 5.32 Å². The van der Waals surface area contributed by atoms with E-state index in [9.17, 15) is 14.4 Å². The van der Waals surface area contributed by atoms with Gasteiger partial charge in [-0.1, -0.05) is 26.2 Å². The molecular formula is C17H31N3O4. The predicted molar refractivity (Wildman–Crippen MR) is 92.9 cm³/mol. The van der Waals surface area contributed by atoms with Gasteiger partial charge in [0.2, 0.25) is 5.91 Å². The molecule has 0 aliphatic heterocycles. The van der Waals surface area contributed by atoms with Crippen LogP contribution in [0.1, 0.15) is 66.2 Å². The molecular weight excluding hydrogens is 310 g/mol. The van der Waals surface area contributed by atoms with Crippen molar-refractivity contribution in [2.45, 2.75) is 83.9 Å². The monoisotopic (exact) mass is 341 g/mol. The maximum atomic E-state index is 12.2. The van der Waals surface area contributed by atoms with Gasteiger partial charge < -0.3 is 21.2 Å². The number of esters is 1. The fourth-order valence-electron chi connectivity index (χ4n) is 2.00. The molecule has 138 valence electrons. The second kappa shape index (κ2) is 10.9. The van der Waals surface area contributed by atoms with Gasteiger partial charge in [-0.3, -0.25) is 9.59 Å². The molecule has 1 amide bonds. The molecule has 7 heteroatoms. The quantitative estimate of drug-likeness (QED) is 0.300. The summed E-state index contributed by atoms with van der Waals surface area (Å²) in [6.45, 7) is 7.24. The molecule has 1 unspecified atom stereocenters. The SMILES string of the molecule is CCCCCC(N)C(=O)N[C@@H](CCC(=O)C=N)C(=O)OC(C)(C)C. The minimum atomic E-state index is -0.946. The van der Waals surface area contributed by atoms with E-state index in [1.54, 1.807) is 20.8 Å². The fraction of sp³-hybridized carbons (Fsp3) is 0.765. The lowest BCUT2D eigenvalue weighted by molar-refractivity contribution is -0.159. The average Bonchev–Trinajstić information content (AvgIpc) is 2.48. The van der Waals surface area contributed by atoms with Gasteiger partial charge in [0.05, 0.1) is 12.3 Å². The van der Waals surface area contributed by atoms with Gasteiger partial charge in [0.15, 0.2) is 5.78 Å². The standard InChI is InChI=1S/C17H31N3O4/c1-5-6-7-8-13(19)15(22)20-14(10-9-12(21)11-18)16(23)24-17(2,3)4/h11,13-14,18H,5-10,19H2,1-4H3,(H,20,22)/t13?,14-/m0/s1. The second-order valence-electron chi connectivity index (χ2n) is 6.85. The Bertz CT molecular complexity index is 444. The molecule has 0 aromatic heterocycles. The highest BCUT2D eigenvalue weighted by molar-refractivity contribution is 6.26. The molecule has 0 aliphatic carbocycles. The van der Waals surface area contributed by atoms with Gasteiger partial charge in [0.25, 0.3) is 0 Å². The maximum Gasteiger partial charge on any atom is 0.329 e. The summed E-state index contributed by atoms with van der Waals surface area (Å²) in [5, 5.41) is 9.49. The Morgan fingerprint density at radius 3 is 2.33 bits per heavy atom. The number of carbonyl (C=O) groups is 3. The van der Waals surface area contributed by atoms with Crippen LogP contribution in [0.5, 0.6) is 0 Å². The molecule has 0 spiro atoms. The molecule has 0 saturated heterocycles. The molecule has 0 fully saturated rings. The van der Waals surface area contributed by atoms with Crippen LogP contribution in [0.15, 0.2) is 0 Å². The van der Waals surface area contributed by atoms with Crippen LogP contribution in [0.25, 0.3) is 0 Å². The first-order chi connectivity index (χ1) is 11.1. The van der Waals surface area contributed by atoms with E-state index < -0.39 is 35.3 Å². The summed E-state index contributed by atoms with van der Waals surface area (Å²) in [7, 11) is 0. The molecule has 0 rings (SSSR count). The van der Waals surface area contributed by atoms with E-state index in [1.165, 1.54) is 0 Å². The molecule has 0 aliphatic rings. The van der Waals surface area contributed by atoms with E-state index in [-0.39, 0.29) is 12.8 Å². The van der Waals surface area contributed by atoms with Crippen LogP contribution in [0.3, 0.4) is 0 Å². The molecule has 0 aromatic rings. The van der Waals surface area contributed by atoms with Crippen molar-refractivity contribution in [3.63, 3.8) is 0 Å². The zero-order chi connectivity index (χ0) is 18.8. The summed E-state index contributed by atoms with van der Waals surface area (Å²) in [6, 6.07) is -1.64. The summed E-state index contributed by atoms with van der Waals surface area (Å²) < 4.78 is 5.28. The molecule has 4 N–H and O–H groups in total. The summed E-state index contributed by atoms with van der Waals surface area (Å²) in [5.74, 6) is -1.44. The minimum Gasteiger partial charge on any atom is -0.458 e. The lowest BCUT2D eigenvalue weighted by atomic mass is 10.1. The lowest BCUT2D eigenvalue weighted by Gasteiger charge is -2.25. The van der Waals surface area contributed by atoms with Gasteiger partial charge in [-0.2, -0.15) is 0 Å². The summed E-state index contributed by atoms with van der Waals surface area (Å²) in [5.41, 5.74) is 5.15. The number of nitrogens with two attached hydrogens (primary N) is 1. The number of hydrogen-bond acceptors (Lipinski definition) is 6. The van der Waals surface area contributed by atoms with Gasteiger partial charge in [0, 0.05) is 6.42 Å². The zero-order valence-corrected chi connectivity index (χ0v) is 15.2. The Balaban J connectivity index is 4.78. The van der Waals surface area contributed by atoms with Crippen molar-refractivity contribution in [2.24, 2.45) is 5.73 Å². The van der Waals surface area contributed by atoms with Crippen LogP contribution in [-0.2, 0) is 19.1 Å². The molecule has 0 radical (unpaired) electrons. The van der Waals surface area contributed by atoms with Crippen LogP contribution in [-0.4, -0.2) is 41.6 Å². The fourth-order valence-corrected chi connectivity index (χ4v) is 2.00. The molecule has 0 bridgehead atoms. The van der Waals surface area contributed by atoms with E-state index >= 15 is 0 Å². The Morgan fingerprint density at radius 2 is 1.83 bits per heavy atom. The van der Waals surface area contributed by atoms with Crippen molar-refractivity contribution in [3.05, 3.63) is 0 Å². The van der Waals surface area contributed by atoms with Crippen molar-refractivity contribution >= 4 is 23.9 Å². The van der Waals surface area contributed by atoms with Crippen molar-refractivity contribution in [3.8, 4) is 0 Å². The third kappa shape index (κ3) is 10.1. The Morgan fingerprint density at radius 1 is 1.21 bits per heavy atom. The highest BCUT2D eigenvalue weighted by Gasteiger charge is 2.28. The lowest BCUT2D eigenvalue weighted by Crippen LogP contribution is -2.50. The second-order valence-corrected chi connectivity index (χ2v) is 6.85. The van der Waals surface area contributed by atoms with Crippen LogP contribution in [0, 0.1) is 5.41 Å². The Labute approximate surface area is 144 Å². The first-order valence-electron chi connectivity index (χ1n) is 8.42. The van der Waals surface area contributed by atoms with E-state index in [0.29, 0.717) is 12.6 Å². The van der Waals surface area contributed by atoms with E-state index in [1.807, 2.05) is 0 Å². The van der Waals surface area contributed by atoms with Crippen LogP contribution >= 0.6 is 0 Å². The topological polar surface area (TPSA) is 122 Å². The third-order valence-corrected chi connectivity index (χ3v) is 3.30.